The number of ether oxygens (including phenoxy) is 1. The van der Waals surface area contributed by atoms with Crippen molar-refractivity contribution in [1.82, 2.24) is 4.98 Å². The van der Waals surface area contributed by atoms with Gasteiger partial charge in [-0.2, -0.15) is 0 Å². The molecule has 1 aromatic heterocycles. The van der Waals surface area contributed by atoms with Gasteiger partial charge in [0.1, 0.15) is 5.75 Å². The van der Waals surface area contributed by atoms with Crippen LogP contribution in [0.3, 0.4) is 0 Å². The summed E-state index contributed by atoms with van der Waals surface area (Å²) in [5, 5.41) is 9.21. The first-order chi connectivity index (χ1) is 14.6. The molecule has 0 radical (unpaired) electrons. The smallest absolute Gasteiger partial charge is 0.335 e. The Morgan fingerprint density at radius 3 is 2.17 bits per heavy atom. The third-order valence-electron chi connectivity index (χ3n) is 5.00. The molecule has 30 heavy (non-hydrogen) atoms. The zero-order valence-corrected chi connectivity index (χ0v) is 16.6. The van der Waals surface area contributed by atoms with Crippen LogP contribution in [0.25, 0.3) is 22.4 Å². The molecule has 0 saturated heterocycles. The van der Waals surface area contributed by atoms with Crippen LogP contribution >= 0.6 is 0 Å². The molecular weight excluding hydrogens is 374 g/mol. The molecule has 0 bridgehead atoms. The highest BCUT2D eigenvalue weighted by atomic mass is 16.5. The van der Waals surface area contributed by atoms with Gasteiger partial charge in [-0.15, -0.1) is 0 Å². The van der Waals surface area contributed by atoms with E-state index in [1.807, 2.05) is 60.8 Å². The summed E-state index contributed by atoms with van der Waals surface area (Å²) < 4.78 is 5.27. The third-order valence-corrected chi connectivity index (χ3v) is 5.00. The summed E-state index contributed by atoms with van der Waals surface area (Å²) >= 11 is 0. The van der Waals surface area contributed by atoms with Gasteiger partial charge in [0, 0.05) is 17.3 Å². The van der Waals surface area contributed by atoms with E-state index in [-0.39, 0.29) is 5.56 Å². The number of hydrogen-bond acceptors (Lipinski definition) is 3. The van der Waals surface area contributed by atoms with Crippen LogP contribution in [0.2, 0.25) is 0 Å². The van der Waals surface area contributed by atoms with E-state index in [1.165, 1.54) is 5.56 Å². The highest BCUT2D eigenvalue weighted by Crippen LogP contribution is 2.32. The number of benzene rings is 3. The quantitative estimate of drug-likeness (QED) is 0.454. The Balaban J connectivity index is 1.79. The second-order valence-electron chi connectivity index (χ2n) is 7.01. The van der Waals surface area contributed by atoms with Crippen molar-refractivity contribution in [2.24, 2.45) is 0 Å². The van der Waals surface area contributed by atoms with E-state index in [9.17, 15) is 9.90 Å². The lowest BCUT2D eigenvalue weighted by Crippen LogP contribution is -1.97. The number of carboxylic acids is 1. The molecule has 0 spiro atoms. The molecule has 0 fully saturated rings. The van der Waals surface area contributed by atoms with Gasteiger partial charge in [0.15, 0.2) is 0 Å². The largest absolute Gasteiger partial charge is 0.497 e. The standard InChI is InChI=1S/C26H21NO3/c1-30-23-13-11-21(12-14-23)25-24(20-7-9-22(10-8-20)26(28)29)16-19(17-27-25)15-18-5-3-2-4-6-18/h2-14,16-17H,15H2,1H3,(H,28,29). The number of carbonyl (C=O) groups is 1. The molecule has 4 heteroatoms. The Bertz CT molecular complexity index is 1150. The molecule has 1 N–H and O–H groups in total. The van der Waals surface area contributed by atoms with Gasteiger partial charge < -0.3 is 9.84 Å². The first-order valence-corrected chi connectivity index (χ1v) is 9.65. The molecule has 0 aliphatic heterocycles. The van der Waals surface area contributed by atoms with Crippen molar-refractivity contribution in [1.29, 1.82) is 0 Å². The monoisotopic (exact) mass is 395 g/mol. The van der Waals surface area contributed by atoms with E-state index >= 15 is 0 Å². The first kappa shape index (κ1) is 19.4. The number of pyridine rings is 1. The highest BCUT2D eigenvalue weighted by molar-refractivity contribution is 5.89. The molecule has 4 aromatic rings. The summed E-state index contributed by atoms with van der Waals surface area (Å²) in [6.07, 6.45) is 2.68. The SMILES string of the molecule is COc1ccc(-c2ncc(Cc3ccccc3)cc2-c2ccc(C(=O)O)cc2)cc1. The highest BCUT2D eigenvalue weighted by Gasteiger charge is 2.12. The van der Waals surface area contributed by atoms with Crippen molar-refractivity contribution >= 4 is 5.97 Å². The van der Waals surface area contributed by atoms with E-state index in [1.54, 1.807) is 19.2 Å². The summed E-state index contributed by atoms with van der Waals surface area (Å²) in [6.45, 7) is 0. The van der Waals surface area contributed by atoms with Gasteiger partial charge in [0.25, 0.3) is 0 Å². The Kier molecular flexibility index (Phi) is 5.57. The number of aromatic carboxylic acids is 1. The van der Waals surface area contributed by atoms with Crippen molar-refractivity contribution in [3.63, 3.8) is 0 Å². The van der Waals surface area contributed by atoms with Gasteiger partial charge in [0.05, 0.1) is 18.4 Å². The van der Waals surface area contributed by atoms with E-state index in [4.69, 9.17) is 9.72 Å². The average molecular weight is 395 g/mol. The molecule has 0 aliphatic carbocycles. The van der Waals surface area contributed by atoms with Crippen molar-refractivity contribution in [3.05, 3.63) is 108 Å². The van der Waals surface area contributed by atoms with Gasteiger partial charge in [-0.25, -0.2) is 4.79 Å². The maximum Gasteiger partial charge on any atom is 0.335 e. The molecule has 4 nitrogen and oxygen atoms in total. The number of aromatic nitrogens is 1. The minimum atomic E-state index is -0.937. The van der Waals surface area contributed by atoms with Gasteiger partial charge in [0.2, 0.25) is 0 Å². The molecule has 0 aliphatic rings. The minimum absolute atomic E-state index is 0.262. The van der Waals surface area contributed by atoms with Crippen molar-refractivity contribution in [2.45, 2.75) is 6.42 Å². The zero-order valence-electron chi connectivity index (χ0n) is 16.6. The summed E-state index contributed by atoms with van der Waals surface area (Å²) in [4.78, 5) is 16.0. The summed E-state index contributed by atoms with van der Waals surface area (Å²) in [7, 11) is 1.64. The van der Waals surface area contributed by atoms with Crippen LogP contribution in [-0.2, 0) is 6.42 Å². The molecule has 0 amide bonds. The normalized spacial score (nSPS) is 10.6. The molecular formula is C26H21NO3. The fraction of sp³-hybridized carbons (Fsp3) is 0.0769. The zero-order chi connectivity index (χ0) is 20.9. The number of rotatable bonds is 6. The lowest BCUT2D eigenvalue weighted by molar-refractivity contribution is 0.0697. The third kappa shape index (κ3) is 4.23. The molecule has 148 valence electrons. The van der Waals surface area contributed by atoms with Crippen LogP contribution in [-0.4, -0.2) is 23.2 Å². The second kappa shape index (κ2) is 8.62. The fourth-order valence-electron chi connectivity index (χ4n) is 3.43. The van der Waals surface area contributed by atoms with E-state index in [2.05, 4.69) is 18.2 Å². The first-order valence-electron chi connectivity index (χ1n) is 9.65. The van der Waals surface area contributed by atoms with Crippen LogP contribution in [0.15, 0.2) is 91.1 Å². The predicted octanol–water partition coefficient (Wildman–Crippen LogP) is 5.71. The van der Waals surface area contributed by atoms with E-state index in [0.717, 1.165) is 40.1 Å². The maximum absolute atomic E-state index is 11.2. The fourth-order valence-corrected chi connectivity index (χ4v) is 3.43. The summed E-state index contributed by atoms with van der Waals surface area (Å²) in [6, 6.07) is 27.1. The average Bonchev–Trinajstić information content (AvgIpc) is 2.80. The lowest BCUT2D eigenvalue weighted by atomic mass is 9.95. The van der Waals surface area contributed by atoms with E-state index in [0.29, 0.717) is 0 Å². The molecule has 1 heterocycles. The van der Waals surface area contributed by atoms with Crippen molar-refractivity contribution < 1.29 is 14.6 Å². The predicted molar refractivity (Wildman–Crippen MR) is 118 cm³/mol. The van der Waals surface area contributed by atoms with Gasteiger partial charge in [-0.3, -0.25) is 4.98 Å². The van der Waals surface area contributed by atoms with Crippen LogP contribution in [0.4, 0.5) is 0 Å². The van der Waals surface area contributed by atoms with Gasteiger partial charge >= 0.3 is 5.97 Å². The Hall–Kier alpha value is -3.92. The van der Waals surface area contributed by atoms with Crippen LogP contribution in [0.5, 0.6) is 5.75 Å². The Labute approximate surface area is 175 Å². The minimum Gasteiger partial charge on any atom is -0.497 e. The van der Waals surface area contributed by atoms with Gasteiger partial charge in [-0.1, -0.05) is 42.5 Å². The lowest BCUT2D eigenvalue weighted by Gasteiger charge is -2.13. The second-order valence-corrected chi connectivity index (χ2v) is 7.01. The molecule has 4 rings (SSSR count). The van der Waals surface area contributed by atoms with Crippen LogP contribution < -0.4 is 4.74 Å². The number of hydrogen-bond donors (Lipinski definition) is 1. The van der Waals surface area contributed by atoms with Gasteiger partial charge in [-0.05, 0) is 65.6 Å². The summed E-state index contributed by atoms with van der Waals surface area (Å²) in [5.74, 6) is -0.153. The molecule has 0 saturated carbocycles. The van der Waals surface area contributed by atoms with E-state index < -0.39 is 5.97 Å². The van der Waals surface area contributed by atoms with Crippen LogP contribution in [0, 0.1) is 0 Å². The van der Waals surface area contributed by atoms with Crippen molar-refractivity contribution in [2.75, 3.05) is 7.11 Å². The molecule has 0 unspecified atom stereocenters. The number of carboxylic acid groups (broad SMARTS) is 1. The summed E-state index contributed by atoms with van der Waals surface area (Å²) in [5.41, 5.74) is 6.27. The van der Waals surface area contributed by atoms with Crippen molar-refractivity contribution in [3.8, 4) is 28.1 Å². The number of methoxy groups -OCH3 is 1. The van der Waals surface area contributed by atoms with Crippen LogP contribution in [0.1, 0.15) is 21.5 Å². The molecule has 3 aromatic carbocycles. The Morgan fingerprint density at radius 2 is 1.53 bits per heavy atom. The number of nitrogens with zero attached hydrogens (tertiary/aromatic N) is 1. The Morgan fingerprint density at radius 1 is 0.867 bits per heavy atom. The molecule has 0 atom stereocenters. The topological polar surface area (TPSA) is 59.4 Å². The maximum atomic E-state index is 11.2.